The van der Waals surface area contributed by atoms with E-state index in [9.17, 15) is 14.6 Å². The fourth-order valence-electron chi connectivity index (χ4n) is 1.29. The maximum Gasteiger partial charge on any atom is 0.129 e. The summed E-state index contributed by atoms with van der Waals surface area (Å²) in [5.41, 5.74) is -0.0814. The van der Waals surface area contributed by atoms with Gasteiger partial charge in [-0.15, -0.1) is 0 Å². The Labute approximate surface area is 92.5 Å². The molecule has 0 fully saturated rings. The number of rotatable bonds is 4. The van der Waals surface area contributed by atoms with Crippen molar-refractivity contribution in [2.24, 2.45) is 0 Å². The van der Waals surface area contributed by atoms with Crippen LogP contribution in [0.3, 0.4) is 0 Å². The number of aliphatic hydroxyl groups is 2. The molecule has 1 aromatic carbocycles. The molecule has 0 bridgehead atoms. The van der Waals surface area contributed by atoms with Crippen molar-refractivity contribution in [2.75, 3.05) is 7.11 Å². The van der Waals surface area contributed by atoms with E-state index in [0.29, 0.717) is 5.75 Å². The molecule has 0 heterocycles. The summed E-state index contributed by atoms with van der Waals surface area (Å²) >= 11 is 0. The molecule has 16 heavy (non-hydrogen) atoms. The van der Waals surface area contributed by atoms with Crippen molar-refractivity contribution in [2.45, 2.75) is 18.6 Å². The van der Waals surface area contributed by atoms with Crippen LogP contribution in [-0.2, 0) is 0 Å². The summed E-state index contributed by atoms with van der Waals surface area (Å²) in [4.78, 5) is 0. The van der Waals surface area contributed by atoms with Crippen molar-refractivity contribution in [1.82, 2.24) is 0 Å². The Morgan fingerprint density at radius 2 is 2.19 bits per heavy atom. The van der Waals surface area contributed by atoms with Gasteiger partial charge in [0.25, 0.3) is 0 Å². The van der Waals surface area contributed by atoms with E-state index >= 15 is 0 Å². The maximum atomic E-state index is 13.3. The van der Waals surface area contributed by atoms with Crippen LogP contribution in [0.5, 0.6) is 5.75 Å². The number of hydrogen-bond acceptors (Lipinski definition) is 4. The van der Waals surface area contributed by atoms with E-state index in [1.54, 1.807) is 6.07 Å². The minimum Gasteiger partial charge on any atom is -0.497 e. The Kier molecular flexibility index (Phi) is 4.23. The van der Waals surface area contributed by atoms with Crippen LogP contribution in [0.1, 0.15) is 18.1 Å². The number of methoxy groups -OCH3 is 1. The Morgan fingerprint density at radius 3 is 2.75 bits per heavy atom. The zero-order valence-electron chi connectivity index (χ0n) is 8.72. The van der Waals surface area contributed by atoms with Crippen LogP contribution in [0.2, 0.25) is 0 Å². The minimum atomic E-state index is -1.44. The third kappa shape index (κ3) is 2.69. The van der Waals surface area contributed by atoms with Gasteiger partial charge in [0.1, 0.15) is 17.7 Å². The predicted octanol–water partition coefficient (Wildman–Crippen LogP) is 1.14. The molecule has 2 atom stereocenters. The summed E-state index contributed by atoms with van der Waals surface area (Å²) in [5, 5.41) is 27.4. The topological polar surface area (TPSA) is 73.5 Å². The van der Waals surface area contributed by atoms with E-state index in [-0.39, 0.29) is 12.0 Å². The molecule has 4 nitrogen and oxygen atoms in total. The number of nitrogens with zero attached hydrogens (tertiary/aromatic N) is 1. The molecule has 0 radical (unpaired) electrons. The SMILES string of the molecule is COc1ccc(F)c(C(O)C(O)CC#N)c1. The number of nitriles is 1. The highest BCUT2D eigenvalue weighted by atomic mass is 19.1. The third-order valence-corrected chi connectivity index (χ3v) is 2.19. The summed E-state index contributed by atoms with van der Waals surface area (Å²) in [5.74, 6) is -0.273. The van der Waals surface area contributed by atoms with E-state index in [1.807, 2.05) is 0 Å². The first-order valence-corrected chi connectivity index (χ1v) is 4.66. The van der Waals surface area contributed by atoms with Crippen LogP contribution in [0.25, 0.3) is 0 Å². The normalized spacial score (nSPS) is 13.9. The number of ether oxygens (including phenoxy) is 1. The second-order valence-electron chi connectivity index (χ2n) is 3.26. The van der Waals surface area contributed by atoms with E-state index in [2.05, 4.69) is 0 Å². The second-order valence-corrected chi connectivity index (χ2v) is 3.26. The standard InChI is InChI=1S/C11H12FNO3/c1-16-7-2-3-9(12)8(6-7)11(15)10(14)4-5-13/h2-3,6,10-11,14-15H,4H2,1H3. The molecule has 1 rings (SSSR count). The molecule has 0 aromatic heterocycles. The van der Waals surface area contributed by atoms with Gasteiger partial charge >= 0.3 is 0 Å². The molecule has 5 heteroatoms. The Balaban J connectivity index is 2.98. The lowest BCUT2D eigenvalue weighted by molar-refractivity contribution is 0.0194. The Bertz CT molecular complexity index is 403. The third-order valence-electron chi connectivity index (χ3n) is 2.19. The lowest BCUT2D eigenvalue weighted by atomic mass is 10.0. The van der Waals surface area contributed by atoms with Crippen molar-refractivity contribution in [3.63, 3.8) is 0 Å². The van der Waals surface area contributed by atoms with Crippen LogP contribution in [-0.4, -0.2) is 23.4 Å². The first-order valence-electron chi connectivity index (χ1n) is 4.66. The van der Waals surface area contributed by atoms with Gasteiger partial charge in [-0.1, -0.05) is 0 Å². The van der Waals surface area contributed by atoms with Crippen LogP contribution in [0.4, 0.5) is 4.39 Å². The summed E-state index contributed by atoms with van der Waals surface area (Å²) in [6.45, 7) is 0. The van der Waals surface area contributed by atoms with Gasteiger partial charge in [-0.05, 0) is 18.2 Å². The first-order chi connectivity index (χ1) is 7.60. The second kappa shape index (κ2) is 5.45. The number of halogens is 1. The van der Waals surface area contributed by atoms with E-state index < -0.39 is 18.0 Å². The molecule has 0 spiro atoms. The number of hydrogen-bond donors (Lipinski definition) is 2. The molecular formula is C11H12FNO3. The van der Waals surface area contributed by atoms with Gasteiger partial charge in [-0.25, -0.2) is 4.39 Å². The van der Waals surface area contributed by atoms with Gasteiger partial charge < -0.3 is 14.9 Å². The highest BCUT2D eigenvalue weighted by Crippen LogP contribution is 2.25. The summed E-state index contributed by atoms with van der Waals surface area (Å²) in [6, 6.07) is 5.54. The average Bonchev–Trinajstić information content (AvgIpc) is 2.29. The molecule has 0 amide bonds. The smallest absolute Gasteiger partial charge is 0.129 e. The molecule has 0 saturated heterocycles. The lowest BCUT2D eigenvalue weighted by Crippen LogP contribution is -2.18. The van der Waals surface area contributed by atoms with Crippen LogP contribution in [0, 0.1) is 17.1 Å². The van der Waals surface area contributed by atoms with Gasteiger partial charge in [0.15, 0.2) is 0 Å². The molecular weight excluding hydrogens is 213 g/mol. The Hall–Kier alpha value is -1.64. The minimum absolute atomic E-state index is 0.0814. The summed E-state index contributed by atoms with van der Waals surface area (Å²) < 4.78 is 18.2. The fourth-order valence-corrected chi connectivity index (χ4v) is 1.29. The van der Waals surface area contributed by atoms with Crippen molar-refractivity contribution in [3.8, 4) is 11.8 Å². The van der Waals surface area contributed by atoms with Gasteiger partial charge in [0, 0.05) is 5.56 Å². The quantitative estimate of drug-likeness (QED) is 0.805. The first kappa shape index (κ1) is 12.4. The Morgan fingerprint density at radius 1 is 1.50 bits per heavy atom. The largest absolute Gasteiger partial charge is 0.497 e. The zero-order valence-corrected chi connectivity index (χ0v) is 8.72. The molecule has 0 saturated carbocycles. The molecule has 0 aliphatic carbocycles. The van der Waals surface area contributed by atoms with Crippen LogP contribution in [0.15, 0.2) is 18.2 Å². The van der Waals surface area contributed by atoms with Crippen molar-refractivity contribution < 1.29 is 19.3 Å². The fraction of sp³-hybridized carbons (Fsp3) is 0.364. The van der Waals surface area contributed by atoms with E-state index in [0.717, 1.165) is 6.07 Å². The molecule has 0 aliphatic rings. The summed E-state index contributed by atoms with van der Waals surface area (Å²) in [6.07, 6.45) is -3.01. The highest BCUT2D eigenvalue weighted by molar-refractivity contribution is 5.31. The lowest BCUT2D eigenvalue weighted by Gasteiger charge is -2.16. The van der Waals surface area contributed by atoms with Crippen molar-refractivity contribution >= 4 is 0 Å². The average molecular weight is 225 g/mol. The zero-order chi connectivity index (χ0) is 12.1. The van der Waals surface area contributed by atoms with Gasteiger partial charge in [-0.3, -0.25) is 0 Å². The monoisotopic (exact) mass is 225 g/mol. The van der Waals surface area contributed by atoms with Crippen molar-refractivity contribution in [1.29, 1.82) is 5.26 Å². The molecule has 0 aliphatic heterocycles. The maximum absolute atomic E-state index is 13.3. The highest BCUT2D eigenvalue weighted by Gasteiger charge is 2.21. The van der Waals surface area contributed by atoms with Gasteiger partial charge in [0.05, 0.1) is 25.7 Å². The van der Waals surface area contributed by atoms with Crippen molar-refractivity contribution in [3.05, 3.63) is 29.6 Å². The van der Waals surface area contributed by atoms with Gasteiger partial charge in [-0.2, -0.15) is 5.26 Å². The molecule has 86 valence electrons. The van der Waals surface area contributed by atoms with E-state index in [1.165, 1.54) is 19.2 Å². The number of aliphatic hydroxyl groups excluding tert-OH is 2. The molecule has 2 N–H and O–H groups in total. The van der Waals surface area contributed by atoms with E-state index in [4.69, 9.17) is 10.00 Å². The van der Waals surface area contributed by atoms with Crippen LogP contribution >= 0.6 is 0 Å². The van der Waals surface area contributed by atoms with Gasteiger partial charge in [0.2, 0.25) is 0 Å². The summed E-state index contributed by atoms with van der Waals surface area (Å²) in [7, 11) is 1.41. The molecule has 1 aromatic rings. The predicted molar refractivity (Wildman–Crippen MR) is 54.1 cm³/mol. The number of benzene rings is 1. The molecule has 2 unspecified atom stereocenters. The van der Waals surface area contributed by atoms with Crippen LogP contribution < -0.4 is 4.74 Å².